The van der Waals surface area contributed by atoms with Crippen molar-refractivity contribution in [3.05, 3.63) is 118 Å². The van der Waals surface area contributed by atoms with Gasteiger partial charge in [0.25, 0.3) is 0 Å². The summed E-state index contributed by atoms with van der Waals surface area (Å²) in [4.78, 5) is 26.5. The van der Waals surface area contributed by atoms with Gasteiger partial charge in [-0.15, -0.1) is 0 Å². The van der Waals surface area contributed by atoms with Gasteiger partial charge in [-0.25, -0.2) is 0 Å². The van der Waals surface area contributed by atoms with E-state index in [2.05, 4.69) is 120 Å². The molecule has 2 aliphatic heterocycles. The normalized spacial score (nSPS) is 18.1. The Morgan fingerprint density at radius 2 is 1.51 bits per heavy atom. The number of allylic oxidation sites excluding steroid dienone is 4. The van der Waals surface area contributed by atoms with Gasteiger partial charge < -0.3 is 15.1 Å². The molecule has 0 amide bonds. The van der Waals surface area contributed by atoms with Crippen LogP contribution in [0.3, 0.4) is 0 Å². The topological polar surface area (TPSA) is 105 Å². The van der Waals surface area contributed by atoms with Crippen molar-refractivity contribution in [3.63, 3.8) is 0 Å². The van der Waals surface area contributed by atoms with Gasteiger partial charge >= 0.3 is 11.9 Å². The van der Waals surface area contributed by atoms with E-state index in [4.69, 9.17) is 0 Å². The van der Waals surface area contributed by atoms with Crippen molar-refractivity contribution in [3.8, 4) is 6.07 Å². The number of carboxylic acids is 2. The highest BCUT2D eigenvalue weighted by Crippen LogP contribution is 2.57. The molecule has 0 saturated carbocycles. The summed E-state index contributed by atoms with van der Waals surface area (Å²) in [6, 6.07) is 29.8. The van der Waals surface area contributed by atoms with Crippen molar-refractivity contribution in [2.24, 2.45) is 0 Å². The maximum Gasteiger partial charge on any atom is 0.309 e. The van der Waals surface area contributed by atoms with Crippen LogP contribution in [0.15, 0.2) is 107 Å². The average molecular weight is 826 g/mol. The van der Waals surface area contributed by atoms with Crippen molar-refractivity contribution < 1.29 is 24.4 Å². The fraction of sp³-hybridized carbons (Fsp3) is 0.347. The van der Waals surface area contributed by atoms with Gasteiger partial charge in [0, 0.05) is 39.2 Å². The van der Waals surface area contributed by atoms with Crippen molar-refractivity contribution in [2.45, 2.75) is 96.3 Å². The zero-order chi connectivity index (χ0) is 40.5. The molecule has 0 bridgehead atoms. The van der Waals surface area contributed by atoms with Gasteiger partial charge in [-0.1, -0.05) is 122 Å². The lowest BCUT2D eigenvalue weighted by atomic mass is 9.74. The number of carbonyl (C=O) groups is 2. The van der Waals surface area contributed by atoms with Crippen LogP contribution in [0.25, 0.3) is 32.3 Å². The number of anilines is 1. The van der Waals surface area contributed by atoms with Crippen LogP contribution in [-0.2, 0) is 20.4 Å². The van der Waals surface area contributed by atoms with Crippen LogP contribution < -0.4 is 4.90 Å². The molecule has 7 rings (SSSR count). The lowest BCUT2D eigenvalue weighted by molar-refractivity contribution is -0.435. The summed E-state index contributed by atoms with van der Waals surface area (Å²) >= 11 is 3.71. The number of fused-ring (bicyclic) bond motifs is 9. The van der Waals surface area contributed by atoms with E-state index in [0.717, 1.165) is 90.8 Å². The molecule has 2 heterocycles. The summed E-state index contributed by atoms with van der Waals surface area (Å²) in [5.41, 5.74) is 5.35. The average Bonchev–Trinajstić information content (AvgIpc) is 3.56. The smallest absolute Gasteiger partial charge is 0.309 e. The highest BCUT2D eigenvalue weighted by Gasteiger charge is 2.48. The van der Waals surface area contributed by atoms with E-state index in [1.54, 1.807) is 0 Å². The Hall–Kier alpha value is -5.26. The second-order valence-corrected chi connectivity index (χ2v) is 17.2. The third-order valence-corrected chi connectivity index (χ3v) is 12.7. The van der Waals surface area contributed by atoms with Crippen LogP contribution in [0.2, 0.25) is 0 Å². The second kappa shape index (κ2) is 16.3. The number of nitrogens with zero attached hydrogens (tertiary/aromatic N) is 3. The van der Waals surface area contributed by atoms with Gasteiger partial charge in [-0.2, -0.15) is 9.84 Å². The molecule has 57 heavy (non-hydrogen) atoms. The molecule has 292 valence electrons. The zero-order valence-electron chi connectivity index (χ0n) is 33.4. The number of carboxylic acid groups (broad SMARTS) is 2. The molecule has 1 unspecified atom stereocenters. The number of rotatable bonds is 15. The molecule has 0 spiro atoms. The summed E-state index contributed by atoms with van der Waals surface area (Å²) < 4.78 is 3.06. The van der Waals surface area contributed by atoms with Crippen LogP contribution >= 0.6 is 15.9 Å². The van der Waals surface area contributed by atoms with E-state index in [1.807, 2.05) is 30.4 Å². The molecule has 5 aromatic rings. The maximum atomic E-state index is 12.3. The van der Waals surface area contributed by atoms with Crippen molar-refractivity contribution in [1.82, 2.24) is 0 Å². The fourth-order valence-corrected chi connectivity index (χ4v) is 9.82. The number of aliphatic carboxylic acids is 2. The molecular formula is C49H51BrN3O4+. The SMILES string of the molecule is CCCCCCCCC1(C)/C(=C/C(C#N)=C/C2=[N+](CCC(=O)O)c3c(ccc4ccccc34)C2(C)C)N(CCC(=O)O)c2c1c1ccccc1c1cc(Br)ccc21. The van der Waals surface area contributed by atoms with Crippen LogP contribution in [0, 0.1) is 11.3 Å². The number of nitriles is 1. The van der Waals surface area contributed by atoms with E-state index < -0.39 is 22.8 Å². The van der Waals surface area contributed by atoms with Crippen LogP contribution in [0.5, 0.6) is 0 Å². The molecule has 0 radical (unpaired) electrons. The van der Waals surface area contributed by atoms with E-state index in [9.17, 15) is 25.1 Å². The minimum atomic E-state index is -0.887. The van der Waals surface area contributed by atoms with Gasteiger partial charge in [-0.05, 0) is 78.6 Å². The summed E-state index contributed by atoms with van der Waals surface area (Å²) in [5.74, 6) is -1.77. The summed E-state index contributed by atoms with van der Waals surface area (Å²) in [6.07, 6.45) is 11.5. The van der Waals surface area contributed by atoms with Crippen molar-refractivity contribution in [1.29, 1.82) is 5.26 Å². The third kappa shape index (κ3) is 7.39. The number of benzene rings is 5. The Morgan fingerprint density at radius 1 is 0.825 bits per heavy atom. The lowest BCUT2D eigenvalue weighted by Gasteiger charge is -2.31. The molecule has 8 heteroatoms. The Labute approximate surface area is 343 Å². The molecule has 1 atom stereocenters. The predicted molar refractivity (Wildman–Crippen MR) is 235 cm³/mol. The van der Waals surface area contributed by atoms with E-state index >= 15 is 0 Å². The van der Waals surface area contributed by atoms with Gasteiger partial charge in [0.15, 0.2) is 12.3 Å². The van der Waals surface area contributed by atoms with E-state index in [-0.39, 0.29) is 25.9 Å². The highest BCUT2D eigenvalue weighted by molar-refractivity contribution is 9.10. The Kier molecular flexibility index (Phi) is 11.4. The monoisotopic (exact) mass is 824 g/mol. The number of hydrogen-bond acceptors (Lipinski definition) is 4. The quantitative estimate of drug-likeness (QED) is 0.0471. The molecular weight excluding hydrogens is 774 g/mol. The lowest BCUT2D eigenvalue weighted by Crippen LogP contribution is -2.31. The van der Waals surface area contributed by atoms with E-state index in [1.165, 1.54) is 24.8 Å². The number of unbranched alkanes of at least 4 members (excludes halogenated alkanes) is 5. The predicted octanol–water partition coefficient (Wildman–Crippen LogP) is 12.1. The molecule has 0 saturated heterocycles. The summed E-state index contributed by atoms with van der Waals surface area (Å²) in [6.45, 7) is 9.28. The second-order valence-electron chi connectivity index (χ2n) is 16.3. The Bertz CT molecular complexity index is 2560. The molecule has 2 aliphatic rings. The first kappa shape index (κ1) is 40.0. The van der Waals surface area contributed by atoms with Crippen LogP contribution in [-0.4, -0.2) is 45.5 Å². The van der Waals surface area contributed by atoms with Crippen molar-refractivity contribution in [2.75, 3.05) is 18.0 Å². The molecule has 7 nitrogen and oxygen atoms in total. The van der Waals surface area contributed by atoms with Crippen LogP contribution in [0.1, 0.15) is 96.6 Å². The first-order chi connectivity index (χ1) is 27.4. The fourth-order valence-electron chi connectivity index (χ4n) is 9.46. The third-order valence-electron chi connectivity index (χ3n) is 12.3. The molecule has 0 fully saturated rings. The van der Waals surface area contributed by atoms with Crippen molar-refractivity contribution >= 4 is 77.3 Å². The first-order valence-electron chi connectivity index (χ1n) is 20.3. The molecule has 2 N–H and O–H groups in total. The van der Waals surface area contributed by atoms with Gasteiger partial charge in [0.1, 0.15) is 6.42 Å². The van der Waals surface area contributed by atoms with Gasteiger partial charge in [0.05, 0.1) is 34.6 Å². The van der Waals surface area contributed by atoms with Gasteiger partial charge in [0.2, 0.25) is 5.69 Å². The maximum absolute atomic E-state index is 12.3. The molecule has 0 aliphatic carbocycles. The summed E-state index contributed by atoms with van der Waals surface area (Å²) in [5, 5.41) is 37.5. The molecule has 5 aromatic carbocycles. The summed E-state index contributed by atoms with van der Waals surface area (Å²) in [7, 11) is 0. The van der Waals surface area contributed by atoms with Crippen LogP contribution in [0.4, 0.5) is 11.4 Å². The zero-order valence-corrected chi connectivity index (χ0v) is 35.0. The van der Waals surface area contributed by atoms with E-state index in [0.29, 0.717) is 5.57 Å². The first-order valence-corrected chi connectivity index (χ1v) is 21.1. The minimum Gasteiger partial charge on any atom is -0.481 e. The number of hydrogen-bond donors (Lipinski definition) is 2. The Morgan fingerprint density at radius 3 is 2.23 bits per heavy atom. The van der Waals surface area contributed by atoms with Gasteiger partial charge in [-0.3, -0.25) is 9.59 Å². The largest absolute Gasteiger partial charge is 0.481 e. The Balaban J connectivity index is 1.48. The minimum absolute atomic E-state index is 0.0656. The molecule has 0 aromatic heterocycles. The highest BCUT2D eigenvalue weighted by atomic mass is 79.9. The standard InChI is InChI=1S/C49H50BrN3O4/c1-5-6-7-8-9-14-25-49(4)42(53(27-24-44(56)57)47-38-21-20-34(50)30-39(38)36-17-12-13-18-37(36)45(47)49)29-32(31-51)28-41-48(2,3)40-22-19-33-15-10-11-16-35(33)46(40)52(41)26-23-43(54)55/h10-13,15-22,28-30H,5-9,14,23-27H2,1-4H3,(H-,54,55,56,57)/p+1. The number of halogens is 1.